The van der Waals surface area contributed by atoms with Crippen LogP contribution in [0.25, 0.3) is 6.08 Å². The fourth-order valence-electron chi connectivity index (χ4n) is 2.74. The molecule has 0 atom stereocenters. The Kier molecular flexibility index (Phi) is 5.42. The third-order valence-electron chi connectivity index (χ3n) is 4.30. The maximum atomic E-state index is 13.0. The second-order valence-corrected chi connectivity index (χ2v) is 9.11. The molecule has 2 aromatic rings. The fraction of sp³-hybridized carbons (Fsp3) is 0.238. The molecule has 1 aliphatic heterocycles. The van der Waals surface area contributed by atoms with E-state index in [0.717, 1.165) is 34.4 Å². The minimum Gasteiger partial charge on any atom is -0.268 e. The Bertz CT molecular complexity index is 957. The van der Waals surface area contributed by atoms with Gasteiger partial charge in [-0.15, -0.1) is 0 Å². The molecule has 1 amide bonds. The average molecular weight is 422 g/mol. The van der Waals surface area contributed by atoms with Crippen LogP contribution in [0.15, 0.2) is 53.4 Å². The van der Waals surface area contributed by atoms with Gasteiger partial charge in [-0.05, 0) is 40.8 Å². The Balaban J connectivity index is 1.89. The number of amides is 1. The standard InChI is InChI=1S/C21H18F3NOS2/c1-20(2,3)14-9-7-13(8-10-14)11-17-18(26)25(19(27)28-17)16-6-4-5-15(12-16)21(22,23)24/h4-12H,1-3H3/b17-11+. The van der Waals surface area contributed by atoms with E-state index in [1.54, 1.807) is 6.08 Å². The number of hydrogen-bond donors (Lipinski definition) is 0. The minimum atomic E-state index is -4.49. The second kappa shape index (κ2) is 7.37. The lowest BCUT2D eigenvalue weighted by molar-refractivity contribution is -0.137. The van der Waals surface area contributed by atoms with E-state index in [9.17, 15) is 18.0 Å². The van der Waals surface area contributed by atoms with E-state index in [1.807, 2.05) is 24.3 Å². The summed E-state index contributed by atoms with van der Waals surface area (Å²) in [5.41, 5.74) is 1.31. The summed E-state index contributed by atoms with van der Waals surface area (Å²) in [5, 5.41) is 0. The number of alkyl halides is 3. The molecule has 0 aliphatic carbocycles. The molecule has 0 bridgehead atoms. The molecule has 1 saturated heterocycles. The van der Waals surface area contributed by atoms with Crippen LogP contribution in [0, 0.1) is 0 Å². The Morgan fingerprint density at radius 1 is 1.00 bits per heavy atom. The molecule has 0 unspecified atom stereocenters. The van der Waals surface area contributed by atoms with Gasteiger partial charge in [-0.25, -0.2) is 0 Å². The number of halogens is 3. The molecule has 1 aliphatic rings. The van der Waals surface area contributed by atoms with Crippen molar-refractivity contribution in [3.05, 3.63) is 70.1 Å². The molecule has 0 radical (unpaired) electrons. The fourth-order valence-corrected chi connectivity index (χ4v) is 4.04. The summed E-state index contributed by atoms with van der Waals surface area (Å²) in [7, 11) is 0. The second-order valence-electron chi connectivity index (χ2n) is 7.44. The summed E-state index contributed by atoms with van der Waals surface area (Å²) in [6, 6.07) is 12.4. The zero-order valence-electron chi connectivity index (χ0n) is 15.5. The van der Waals surface area contributed by atoms with Gasteiger partial charge in [0.25, 0.3) is 5.91 Å². The van der Waals surface area contributed by atoms with Crippen LogP contribution in [0.2, 0.25) is 0 Å². The number of anilines is 1. The highest BCUT2D eigenvalue weighted by Gasteiger charge is 2.36. The summed E-state index contributed by atoms with van der Waals surface area (Å²) in [5.74, 6) is -0.422. The van der Waals surface area contributed by atoms with Gasteiger partial charge in [-0.2, -0.15) is 13.2 Å². The molecule has 7 heteroatoms. The van der Waals surface area contributed by atoms with E-state index in [0.29, 0.717) is 4.91 Å². The maximum Gasteiger partial charge on any atom is 0.416 e. The van der Waals surface area contributed by atoms with Crippen molar-refractivity contribution in [2.75, 3.05) is 4.90 Å². The quantitative estimate of drug-likeness (QED) is 0.413. The van der Waals surface area contributed by atoms with Crippen LogP contribution in [-0.4, -0.2) is 10.2 Å². The van der Waals surface area contributed by atoms with Crippen molar-refractivity contribution in [2.24, 2.45) is 0 Å². The topological polar surface area (TPSA) is 20.3 Å². The van der Waals surface area contributed by atoms with E-state index in [4.69, 9.17) is 12.2 Å². The Hall–Kier alpha value is -2.12. The Morgan fingerprint density at radius 3 is 2.21 bits per heavy atom. The smallest absolute Gasteiger partial charge is 0.268 e. The Labute approximate surface area is 171 Å². The molecule has 2 aromatic carbocycles. The van der Waals surface area contributed by atoms with E-state index < -0.39 is 17.6 Å². The molecule has 1 heterocycles. The first-order chi connectivity index (χ1) is 13.0. The molecule has 0 saturated carbocycles. The monoisotopic (exact) mass is 421 g/mol. The molecule has 0 spiro atoms. The van der Waals surface area contributed by atoms with E-state index in [-0.39, 0.29) is 15.4 Å². The number of nitrogens with zero attached hydrogens (tertiary/aromatic N) is 1. The van der Waals surface area contributed by atoms with Crippen LogP contribution in [0.4, 0.5) is 18.9 Å². The third kappa shape index (κ3) is 4.31. The number of thioether (sulfide) groups is 1. The normalized spacial score (nSPS) is 16.9. The van der Waals surface area contributed by atoms with Crippen LogP contribution in [0.5, 0.6) is 0 Å². The number of rotatable bonds is 2. The van der Waals surface area contributed by atoms with Crippen LogP contribution in [-0.2, 0) is 16.4 Å². The number of carbonyl (C=O) groups excluding carboxylic acids is 1. The van der Waals surface area contributed by atoms with Crippen molar-refractivity contribution in [3.8, 4) is 0 Å². The largest absolute Gasteiger partial charge is 0.416 e. The summed E-state index contributed by atoms with van der Waals surface area (Å²) >= 11 is 6.33. The molecular formula is C21H18F3NOS2. The first-order valence-electron chi connectivity index (χ1n) is 8.52. The van der Waals surface area contributed by atoms with Gasteiger partial charge in [-0.1, -0.05) is 75.1 Å². The first-order valence-corrected chi connectivity index (χ1v) is 9.75. The van der Waals surface area contributed by atoms with Gasteiger partial charge < -0.3 is 0 Å². The summed E-state index contributed by atoms with van der Waals surface area (Å²) < 4.78 is 39.1. The number of hydrogen-bond acceptors (Lipinski definition) is 3. The van der Waals surface area contributed by atoms with E-state index in [1.165, 1.54) is 17.7 Å². The van der Waals surface area contributed by atoms with Crippen LogP contribution in [0.3, 0.4) is 0 Å². The highest BCUT2D eigenvalue weighted by Crippen LogP contribution is 2.38. The summed E-state index contributed by atoms with van der Waals surface area (Å²) in [6.45, 7) is 6.34. The van der Waals surface area contributed by atoms with Gasteiger partial charge >= 0.3 is 6.18 Å². The predicted octanol–water partition coefficient (Wildman–Crippen LogP) is 6.41. The van der Waals surface area contributed by atoms with Gasteiger partial charge in [-0.3, -0.25) is 9.69 Å². The molecule has 28 heavy (non-hydrogen) atoms. The Morgan fingerprint density at radius 2 is 1.64 bits per heavy atom. The van der Waals surface area contributed by atoms with E-state index in [2.05, 4.69) is 20.8 Å². The molecule has 2 nitrogen and oxygen atoms in total. The number of benzene rings is 2. The van der Waals surface area contributed by atoms with Crippen LogP contribution >= 0.6 is 24.0 Å². The van der Waals surface area contributed by atoms with Gasteiger partial charge in [0.05, 0.1) is 16.2 Å². The van der Waals surface area contributed by atoms with Crippen molar-refractivity contribution < 1.29 is 18.0 Å². The third-order valence-corrected chi connectivity index (χ3v) is 5.60. The lowest BCUT2D eigenvalue weighted by atomic mass is 9.87. The SMILES string of the molecule is CC(C)(C)c1ccc(/C=C2/SC(=S)N(c3cccc(C(F)(F)F)c3)C2=O)cc1. The minimum absolute atomic E-state index is 0.0193. The zero-order valence-corrected chi connectivity index (χ0v) is 17.1. The highest BCUT2D eigenvalue weighted by atomic mass is 32.2. The van der Waals surface area contributed by atoms with Crippen LogP contribution in [0.1, 0.15) is 37.5 Å². The molecule has 3 rings (SSSR count). The molecule has 146 valence electrons. The van der Waals surface area contributed by atoms with E-state index >= 15 is 0 Å². The van der Waals surface area contributed by atoms with Gasteiger partial charge in [0, 0.05) is 0 Å². The summed E-state index contributed by atoms with van der Waals surface area (Å²) in [4.78, 5) is 14.3. The first kappa shape index (κ1) is 20.6. The average Bonchev–Trinajstić information content (AvgIpc) is 2.87. The van der Waals surface area contributed by atoms with Gasteiger partial charge in [0.2, 0.25) is 0 Å². The molecule has 0 N–H and O–H groups in total. The number of carbonyl (C=O) groups is 1. The van der Waals surface area contributed by atoms with Crippen molar-refractivity contribution in [1.82, 2.24) is 0 Å². The molecule has 0 aromatic heterocycles. The lowest BCUT2D eigenvalue weighted by Crippen LogP contribution is -2.27. The van der Waals surface area contributed by atoms with Crippen LogP contribution < -0.4 is 4.90 Å². The van der Waals surface area contributed by atoms with Crippen molar-refractivity contribution in [2.45, 2.75) is 32.4 Å². The predicted molar refractivity (Wildman–Crippen MR) is 112 cm³/mol. The zero-order chi connectivity index (χ0) is 20.7. The summed E-state index contributed by atoms with van der Waals surface area (Å²) in [6.07, 6.45) is -2.78. The lowest BCUT2D eigenvalue weighted by Gasteiger charge is -2.18. The maximum absolute atomic E-state index is 13.0. The van der Waals surface area contributed by atoms with Crippen molar-refractivity contribution in [3.63, 3.8) is 0 Å². The molecule has 1 fully saturated rings. The van der Waals surface area contributed by atoms with Gasteiger partial charge in [0.15, 0.2) is 4.32 Å². The number of thiocarbonyl (C=S) groups is 1. The highest BCUT2D eigenvalue weighted by molar-refractivity contribution is 8.27. The van der Waals surface area contributed by atoms with Gasteiger partial charge in [0.1, 0.15) is 0 Å². The van der Waals surface area contributed by atoms with Crippen molar-refractivity contribution >= 4 is 46.0 Å². The molecular weight excluding hydrogens is 403 g/mol. The van der Waals surface area contributed by atoms with Crippen molar-refractivity contribution in [1.29, 1.82) is 0 Å².